The maximum atomic E-state index is 13.6. The van der Waals surface area contributed by atoms with Gasteiger partial charge in [-0.05, 0) is 73.7 Å². The Balaban J connectivity index is 0.000000170. The average molecular weight is 771 g/mol. The lowest BCUT2D eigenvalue weighted by Gasteiger charge is -2.10. The number of amides is 2. The summed E-state index contributed by atoms with van der Waals surface area (Å²) in [5.74, 6) is -2.28. The number of imidazole rings is 4. The van der Waals surface area contributed by atoms with Crippen molar-refractivity contribution in [3.63, 3.8) is 0 Å². The molecule has 0 saturated carbocycles. The van der Waals surface area contributed by atoms with E-state index in [1.807, 2.05) is 17.6 Å². The van der Waals surface area contributed by atoms with Crippen molar-refractivity contribution in [3.05, 3.63) is 120 Å². The second-order valence-electron chi connectivity index (χ2n) is 11.8. The molecule has 0 aliphatic carbocycles. The van der Waals surface area contributed by atoms with Gasteiger partial charge in [-0.25, -0.2) is 46.5 Å². The first-order chi connectivity index (χ1) is 26.4. The third kappa shape index (κ3) is 7.09. The zero-order chi connectivity index (χ0) is 39.0. The number of benzene rings is 2. The van der Waals surface area contributed by atoms with E-state index in [0.717, 1.165) is 17.3 Å². The molecule has 8 aromatic rings. The zero-order valence-corrected chi connectivity index (χ0v) is 29.2. The van der Waals surface area contributed by atoms with E-state index < -0.39 is 30.6 Å². The molecule has 278 valence electrons. The van der Waals surface area contributed by atoms with Gasteiger partial charge < -0.3 is 20.6 Å². The number of hydrogen-bond donors (Lipinski definition) is 2. The predicted octanol–water partition coefficient (Wildman–Crippen LogP) is 5.93. The van der Waals surface area contributed by atoms with Crippen molar-refractivity contribution in [3.8, 4) is 45.3 Å². The number of nitrogens with zero attached hydrogens (tertiary/aromatic N) is 10. The van der Waals surface area contributed by atoms with Gasteiger partial charge in [0.25, 0.3) is 18.2 Å². The maximum Gasteiger partial charge on any atom is 0.269 e. The van der Waals surface area contributed by atoms with Gasteiger partial charge in [-0.15, -0.1) is 0 Å². The number of aryl methyl sites for hydroxylation is 1. The molecule has 0 fully saturated rings. The lowest BCUT2D eigenvalue weighted by Crippen LogP contribution is -2.15. The van der Waals surface area contributed by atoms with Gasteiger partial charge in [0.1, 0.15) is 34.4 Å². The van der Waals surface area contributed by atoms with Crippen LogP contribution in [0.4, 0.5) is 17.6 Å². The van der Waals surface area contributed by atoms with Crippen molar-refractivity contribution >= 4 is 34.7 Å². The van der Waals surface area contributed by atoms with Crippen LogP contribution in [0.1, 0.15) is 27.9 Å². The average Bonchev–Trinajstić information content (AvgIpc) is 3.97. The van der Waals surface area contributed by atoms with Crippen molar-refractivity contribution < 1.29 is 27.2 Å². The Kier molecular flexibility index (Phi) is 9.81. The summed E-state index contributed by atoms with van der Waals surface area (Å²) >= 11 is 5.86. The molecule has 4 N–H and O–H groups in total. The Hall–Kier alpha value is -6.95. The van der Waals surface area contributed by atoms with Crippen LogP contribution < -0.4 is 11.5 Å². The van der Waals surface area contributed by atoms with Crippen molar-refractivity contribution in [2.24, 2.45) is 11.5 Å². The number of primary amides is 2. The first kappa shape index (κ1) is 36.4. The molecule has 0 saturated heterocycles. The van der Waals surface area contributed by atoms with Crippen LogP contribution in [0.25, 0.3) is 56.6 Å². The molecule has 0 bridgehead atoms. The van der Waals surface area contributed by atoms with Crippen LogP contribution in [0, 0.1) is 11.6 Å². The predicted molar refractivity (Wildman–Crippen MR) is 193 cm³/mol. The van der Waals surface area contributed by atoms with E-state index in [9.17, 15) is 27.2 Å². The van der Waals surface area contributed by atoms with Crippen LogP contribution in [0.2, 0.25) is 5.02 Å². The van der Waals surface area contributed by atoms with Crippen LogP contribution in [0.5, 0.6) is 0 Å². The maximum absolute atomic E-state index is 13.6. The van der Waals surface area contributed by atoms with Crippen LogP contribution >= 0.6 is 11.6 Å². The minimum Gasteiger partial charge on any atom is -0.364 e. The van der Waals surface area contributed by atoms with Gasteiger partial charge >= 0.3 is 0 Å². The molecule has 55 heavy (non-hydrogen) atoms. The summed E-state index contributed by atoms with van der Waals surface area (Å²) in [7, 11) is 0. The van der Waals surface area contributed by atoms with Gasteiger partial charge in [0.05, 0.1) is 59.4 Å². The molecule has 0 aliphatic heterocycles. The molecule has 19 heteroatoms. The van der Waals surface area contributed by atoms with Gasteiger partial charge in [-0.2, -0.15) is 10.2 Å². The molecular weight excluding hydrogens is 744 g/mol. The number of halogens is 5. The van der Waals surface area contributed by atoms with E-state index in [2.05, 4.69) is 30.1 Å². The highest BCUT2D eigenvalue weighted by Gasteiger charge is 2.22. The third-order valence-corrected chi connectivity index (χ3v) is 8.67. The molecule has 14 nitrogen and oxygen atoms in total. The Morgan fingerprint density at radius 3 is 1.73 bits per heavy atom. The number of fused-ring (bicyclic) bond motifs is 2. The Morgan fingerprint density at radius 1 is 0.709 bits per heavy atom. The quantitative estimate of drug-likeness (QED) is 0.169. The van der Waals surface area contributed by atoms with E-state index in [0.29, 0.717) is 34.8 Å². The smallest absolute Gasteiger partial charge is 0.269 e. The highest BCUT2D eigenvalue weighted by Crippen LogP contribution is 2.33. The molecule has 2 aromatic carbocycles. The molecule has 0 aliphatic rings. The third-order valence-electron chi connectivity index (χ3n) is 8.38. The summed E-state index contributed by atoms with van der Waals surface area (Å²) in [4.78, 5) is 40.0. The highest BCUT2D eigenvalue weighted by atomic mass is 35.5. The number of carbonyl (C=O) groups is 2. The van der Waals surface area contributed by atoms with Crippen LogP contribution in [-0.4, -0.2) is 66.5 Å². The highest BCUT2D eigenvalue weighted by molar-refractivity contribution is 6.31. The number of nitrogens with two attached hydrogens (primary N) is 2. The molecule has 0 atom stereocenters. The Bertz CT molecular complexity index is 2720. The molecule has 0 spiro atoms. The topological polar surface area (TPSA) is 182 Å². The van der Waals surface area contributed by atoms with E-state index >= 15 is 0 Å². The normalized spacial score (nSPS) is 11.3. The first-order valence-corrected chi connectivity index (χ1v) is 16.7. The molecule has 0 radical (unpaired) electrons. The lowest BCUT2D eigenvalue weighted by molar-refractivity contribution is 0.0985. The summed E-state index contributed by atoms with van der Waals surface area (Å²) in [6, 6.07) is 16.8. The van der Waals surface area contributed by atoms with Gasteiger partial charge in [-0.1, -0.05) is 11.6 Å². The fourth-order valence-electron chi connectivity index (χ4n) is 5.84. The summed E-state index contributed by atoms with van der Waals surface area (Å²) in [5, 5.41) is 8.73. The molecule has 8 rings (SSSR count). The zero-order valence-electron chi connectivity index (χ0n) is 28.5. The van der Waals surface area contributed by atoms with Gasteiger partial charge in [-0.3, -0.25) is 9.59 Å². The number of carbonyl (C=O) groups excluding carboxylic acids is 2. The standard InChI is InChI=1S/C18H12ClF3N6O.C18H15FN6O/c19-10-5-9(1-2-11(10)20)16-17(27(8-25-16)7-14(21)22)12-3-4-15-24-6-13(18(23)29)28(15)26-12;1-2-24-10-22-16(11-3-5-12(19)6-4-11)17(24)13-7-8-15-21-9-14(18(20)26)25(15)23-13/h1-6,8,14H,7H2,(H2,23,29);3-10H,2H2,1H3,(H2,20,26). The number of hydrogen-bond acceptors (Lipinski definition) is 8. The summed E-state index contributed by atoms with van der Waals surface area (Å²) in [6.45, 7) is 2.03. The SMILES string of the molecule is CCn1cnc(-c2ccc(F)cc2)c1-c1ccc2ncc(C(N)=O)n2n1.NC(=O)c1cnc2ccc(-c3c(-c4ccc(F)c(Cl)c4)ncn3CC(F)F)nn12. The minimum atomic E-state index is -2.65. The van der Waals surface area contributed by atoms with E-state index in [1.165, 1.54) is 56.6 Å². The molecule has 6 heterocycles. The van der Waals surface area contributed by atoms with E-state index in [-0.39, 0.29) is 39.3 Å². The minimum absolute atomic E-state index is 0.0353. The van der Waals surface area contributed by atoms with Crippen LogP contribution in [-0.2, 0) is 13.1 Å². The second-order valence-corrected chi connectivity index (χ2v) is 12.2. The fraction of sp³-hybridized carbons (Fsp3) is 0.111. The number of rotatable bonds is 9. The lowest BCUT2D eigenvalue weighted by atomic mass is 10.1. The largest absolute Gasteiger partial charge is 0.364 e. The number of alkyl halides is 2. The summed E-state index contributed by atoms with van der Waals surface area (Å²) < 4.78 is 58.8. The van der Waals surface area contributed by atoms with Crippen LogP contribution in [0.15, 0.2) is 91.8 Å². The van der Waals surface area contributed by atoms with Gasteiger partial charge in [0.2, 0.25) is 0 Å². The van der Waals surface area contributed by atoms with Crippen molar-refractivity contribution in [1.29, 1.82) is 0 Å². The number of aromatic nitrogens is 10. The van der Waals surface area contributed by atoms with Crippen molar-refractivity contribution in [1.82, 2.24) is 48.3 Å². The Labute approximate surface area is 312 Å². The van der Waals surface area contributed by atoms with Crippen molar-refractivity contribution in [2.45, 2.75) is 26.4 Å². The molecule has 2 amide bonds. The van der Waals surface area contributed by atoms with Crippen molar-refractivity contribution in [2.75, 3.05) is 0 Å². The van der Waals surface area contributed by atoms with E-state index in [1.54, 1.807) is 36.7 Å². The molecule has 0 unspecified atom stereocenters. The van der Waals surface area contributed by atoms with E-state index in [4.69, 9.17) is 23.1 Å². The summed E-state index contributed by atoms with van der Waals surface area (Å²) in [6.07, 6.45) is 2.97. The van der Waals surface area contributed by atoms with Gasteiger partial charge in [0, 0.05) is 17.7 Å². The Morgan fingerprint density at radius 2 is 1.22 bits per heavy atom. The summed E-state index contributed by atoms with van der Waals surface area (Å²) in [5.41, 5.74) is 15.9. The molecular formula is C36H27ClF4N12O2. The van der Waals surface area contributed by atoms with Crippen LogP contribution in [0.3, 0.4) is 0 Å². The molecule has 6 aromatic heterocycles. The second kappa shape index (κ2) is 14.8. The fourth-order valence-corrected chi connectivity index (χ4v) is 6.02. The monoisotopic (exact) mass is 770 g/mol. The first-order valence-electron chi connectivity index (χ1n) is 16.3. The van der Waals surface area contributed by atoms with Gasteiger partial charge in [0.15, 0.2) is 11.3 Å².